The van der Waals surface area contributed by atoms with E-state index in [-0.39, 0.29) is 48.9 Å². The molecule has 25 heteroatoms. The van der Waals surface area contributed by atoms with E-state index in [1.807, 2.05) is 24.3 Å². The van der Waals surface area contributed by atoms with E-state index in [9.17, 15) is 9.59 Å². The minimum Gasteiger partial charge on any atom is -0.493 e. The second-order valence-corrected chi connectivity index (χ2v) is 12.3. The van der Waals surface area contributed by atoms with Crippen LogP contribution >= 0.6 is 0 Å². The Labute approximate surface area is 395 Å². The summed E-state index contributed by atoms with van der Waals surface area (Å²) >= 11 is 0. The quantitative estimate of drug-likeness (QED) is 0.120. The van der Waals surface area contributed by atoms with Crippen molar-refractivity contribution >= 4 is 33.1 Å². The molecule has 0 saturated carbocycles. The number of methoxy groups -OCH3 is 8. The molecule has 0 unspecified atom stereocenters. The van der Waals surface area contributed by atoms with Crippen molar-refractivity contribution in [1.29, 1.82) is 0 Å². The maximum atomic E-state index is 13.1. The van der Waals surface area contributed by atoms with Crippen LogP contribution in [-0.2, 0) is 0 Å². The molecule has 0 bridgehead atoms. The first-order valence-corrected chi connectivity index (χ1v) is 17.6. The maximum absolute atomic E-state index is 13.1. The van der Waals surface area contributed by atoms with Crippen LogP contribution in [0.25, 0.3) is 43.8 Å². The standard InChI is InChI=1S/2C20H17NO5.Er.3NO3/c2*1-23-13-8-11-12(9-14(13)24-2)19(22)18-16-10(5-6-21-18)7-15(25-3)20(26-4)17(11)16;;3*2-1(3)4/h2*5-9H,1-4H3;;;;/q;;+3;3*-1. The number of rotatable bonds is 8. The van der Waals surface area contributed by atoms with Crippen LogP contribution in [0.3, 0.4) is 0 Å². The van der Waals surface area contributed by atoms with Gasteiger partial charge in [0.05, 0.1) is 72.1 Å². The summed E-state index contributed by atoms with van der Waals surface area (Å²) < 4.78 is 43.9. The molecular formula is C40H34ErN5O19. The van der Waals surface area contributed by atoms with Crippen molar-refractivity contribution in [2.45, 2.75) is 0 Å². The molecule has 0 aliphatic heterocycles. The second kappa shape index (κ2) is 22.6. The second-order valence-electron chi connectivity index (χ2n) is 12.3. The van der Waals surface area contributed by atoms with Crippen molar-refractivity contribution in [3.63, 3.8) is 0 Å². The molecule has 0 fully saturated rings. The van der Waals surface area contributed by atoms with Gasteiger partial charge in [0.15, 0.2) is 46.0 Å². The Kier molecular flexibility index (Phi) is 17.9. The molecule has 8 rings (SSSR count). The number of benzene rings is 4. The van der Waals surface area contributed by atoms with E-state index >= 15 is 0 Å². The molecule has 345 valence electrons. The molecule has 2 aliphatic rings. The van der Waals surface area contributed by atoms with Crippen LogP contribution < -0.4 is 37.9 Å². The van der Waals surface area contributed by atoms with Gasteiger partial charge in [0.1, 0.15) is 11.4 Å². The van der Waals surface area contributed by atoms with E-state index in [2.05, 4.69) is 9.97 Å². The number of ketones is 2. The van der Waals surface area contributed by atoms with Gasteiger partial charge >= 0.3 is 37.3 Å². The summed E-state index contributed by atoms with van der Waals surface area (Å²) in [4.78, 5) is 59.6. The normalized spacial score (nSPS) is 10.6. The zero-order valence-electron chi connectivity index (χ0n) is 35.1. The van der Waals surface area contributed by atoms with E-state index < -0.39 is 15.3 Å². The maximum Gasteiger partial charge on any atom is 3.00 e. The third kappa shape index (κ3) is 10.7. The smallest absolute Gasteiger partial charge is 0.493 e. The Morgan fingerprint density at radius 1 is 0.415 bits per heavy atom. The van der Waals surface area contributed by atoms with E-state index in [4.69, 9.17) is 83.9 Å². The van der Waals surface area contributed by atoms with Crippen LogP contribution in [0.4, 0.5) is 0 Å². The van der Waals surface area contributed by atoms with Gasteiger partial charge in [-0.2, -0.15) is 0 Å². The Morgan fingerprint density at radius 2 is 0.677 bits per heavy atom. The van der Waals surface area contributed by atoms with E-state index in [0.717, 1.165) is 32.7 Å². The van der Waals surface area contributed by atoms with Crippen LogP contribution in [0.5, 0.6) is 46.0 Å². The van der Waals surface area contributed by atoms with Gasteiger partial charge in [-0.3, -0.25) is 19.6 Å². The van der Waals surface area contributed by atoms with Crippen molar-refractivity contribution in [2.24, 2.45) is 0 Å². The summed E-state index contributed by atoms with van der Waals surface area (Å²) in [6.45, 7) is 0. The minimum absolute atomic E-state index is 0. The van der Waals surface area contributed by atoms with Gasteiger partial charge in [0.25, 0.3) is 0 Å². The first-order chi connectivity index (χ1) is 30.5. The first kappa shape index (κ1) is 51.6. The third-order valence-electron chi connectivity index (χ3n) is 9.29. The minimum atomic E-state index is -1.75. The molecule has 0 spiro atoms. The van der Waals surface area contributed by atoms with Gasteiger partial charge in [0, 0.05) is 56.5 Å². The number of carbonyl (C=O) groups excluding carboxylic acids is 2. The van der Waals surface area contributed by atoms with Gasteiger partial charge in [-0.15, -0.1) is 0 Å². The topological polar surface area (TPSA) is 332 Å². The van der Waals surface area contributed by atoms with Crippen molar-refractivity contribution in [3.8, 4) is 68.2 Å². The average Bonchev–Trinajstić information content (AvgIpc) is 3.27. The van der Waals surface area contributed by atoms with Gasteiger partial charge in [-0.1, -0.05) is 0 Å². The van der Waals surface area contributed by atoms with Crippen LogP contribution in [0, 0.1) is 83.3 Å². The molecule has 4 aromatic carbocycles. The molecule has 0 amide bonds. The number of ether oxygens (including phenoxy) is 8. The molecule has 0 atom stereocenters. The first-order valence-electron chi connectivity index (χ1n) is 17.6. The molecule has 1 radical (unpaired) electrons. The van der Waals surface area contributed by atoms with Gasteiger partial charge in [-0.05, 0) is 59.3 Å². The predicted molar refractivity (Wildman–Crippen MR) is 225 cm³/mol. The molecular weight excluding hydrogens is 1020 g/mol. The van der Waals surface area contributed by atoms with E-state index in [0.29, 0.717) is 79.6 Å². The molecule has 0 saturated heterocycles. The molecule has 24 nitrogen and oxygen atoms in total. The van der Waals surface area contributed by atoms with Gasteiger partial charge in [0.2, 0.25) is 11.6 Å². The fraction of sp³-hybridized carbons (Fsp3) is 0.200. The molecule has 2 aromatic heterocycles. The Hall–Kier alpha value is -7.71. The zero-order chi connectivity index (χ0) is 47.6. The van der Waals surface area contributed by atoms with Crippen LogP contribution in [0.1, 0.15) is 32.1 Å². The zero-order valence-corrected chi connectivity index (χ0v) is 36.9. The van der Waals surface area contributed by atoms with E-state index in [1.165, 1.54) is 14.2 Å². The van der Waals surface area contributed by atoms with Crippen LogP contribution in [0.2, 0.25) is 0 Å². The largest absolute Gasteiger partial charge is 3.00 e. The molecule has 2 aliphatic carbocycles. The summed E-state index contributed by atoms with van der Waals surface area (Å²) in [6, 6.07) is 14.3. The Morgan fingerprint density at radius 3 is 0.923 bits per heavy atom. The van der Waals surface area contributed by atoms with Crippen LogP contribution in [-0.4, -0.2) is 93.7 Å². The predicted octanol–water partition coefficient (Wildman–Crippen LogP) is 6.24. The number of pyridine rings is 2. The van der Waals surface area contributed by atoms with Crippen molar-refractivity contribution in [2.75, 3.05) is 56.9 Å². The fourth-order valence-corrected chi connectivity index (χ4v) is 6.98. The molecule has 65 heavy (non-hydrogen) atoms. The number of hydrogen-bond donors (Lipinski definition) is 0. The number of fused-ring (bicyclic) bond motifs is 4. The Balaban J connectivity index is 0.000000274. The fourth-order valence-electron chi connectivity index (χ4n) is 6.98. The summed E-state index contributed by atoms with van der Waals surface area (Å²) in [5, 5.41) is 47.5. The number of aromatic nitrogens is 2. The summed E-state index contributed by atoms with van der Waals surface area (Å²) in [5.41, 5.74) is 4.68. The SMILES string of the molecule is COc1cc2c(cc1OC)-c1c(OC)c(OC)cc3ccnc(c13)C2=O.COc1cc2c(cc1OC)-c1c(OC)c(OC)cc3ccnc(c13)C2=O.O=[N+]([O-])[O-].O=[N+]([O-])[O-].O=[N+]([O-])[O-].[Er+3]. The average molecular weight is 1060 g/mol. The van der Waals surface area contributed by atoms with Gasteiger partial charge in [-0.25, -0.2) is 0 Å². The van der Waals surface area contributed by atoms with Crippen molar-refractivity contribution < 1.29 is 100 Å². The molecule has 2 heterocycles. The van der Waals surface area contributed by atoms with Crippen molar-refractivity contribution in [1.82, 2.24) is 9.97 Å². The number of hydrogen-bond acceptors (Lipinski definition) is 21. The third-order valence-corrected chi connectivity index (χ3v) is 9.29. The van der Waals surface area contributed by atoms with Gasteiger partial charge < -0.3 is 83.9 Å². The van der Waals surface area contributed by atoms with Crippen molar-refractivity contribution in [3.05, 3.63) is 129 Å². The monoisotopic (exact) mass is 1050 g/mol. The summed E-state index contributed by atoms with van der Waals surface area (Å²) in [7, 11) is 12.5. The molecule has 0 N–H and O–H groups in total. The molecule has 6 aromatic rings. The number of carbonyl (C=O) groups is 2. The Bertz CT molecular complexity index is 2590. The number of nitrogens with zero attached hydrogens (tertiary/aromatic N) is 5. The summed E-state index contributed by atoms with van der Waals surface area (Å²) in [5.74, 6) is 3.98. The summed E-state index contributed by atoms with van der Waals surface area (Å²) in [6.07, 6.45) is 3.24. The van der Waals surface area contributed by atoms with E-state index in [1.54, 1.807) is 79.3 Å². The van der Waals surface area contributed by atoms with Crippen LogP contribution in [0.15, 0.2) is 60.9 Å².